The molecule has 0 radical (unpaired) electrons. The van der Waals surface area contributed by atoms with Crippen molar-refractivity contribution in [1.29, 1.82) is 0 Å². The maximum atomic E-state index is 10.8. The predicted octanol–water partition coefficient (Wildman–Crippen LogP) is -2.45. The Balaban J connectivity index is 2.79. The largest absolute Gasteiger partial charge is 0.389 e. The Bertz CT molecular complexity index is 209. The number of hydrogen-bond acceptors (Lipinski definition) is 5. The van der Waals surface area contributed by atoms with E-state index in [1.807, 2.05) is 0 Å². The van der Waals surface area contributed by atoms with Crippen LogP contribution in [0.3, 0.4) is 0 Å². The number of amides is 1. The van der Waals surface area contributed by atoms with Crippen molar-refractivity contribution >= 4 is 5.91 Å². The van der Waals surface area contributed by atoms with Crippen LogP contribution in [-0.2, 0) is 9.53 Å². The third kappa shape index (κ3) is 1.80. The monoisotopic (exact) mass is 191 g/mol. The minimum atomic E-state index is -1.49. The van der Waals surface area contributed by atoms with E-state index in [1.165, 1.54) is 6.92 Å². The molecule has 13 heavy (non-hydrogen) atoms. The van der Waals surface area contributed by atoms with E-state index in [1.54, 1.807) is 0 Å². The van der Waals surface area contributed by atoms with E-state index in [0.717, 1.165) is 0 Å². The van der Waals surface area contributed by atoms with Crippen molar-refractivity contribution in [1.82, 2.24) is 0 Å². The zero-order chi connectivity index (χ0) is 10.2. The van der Waals surface area contributed by atoms with Gasteiger partial charge in [0.25, 0.3) is 0 Å². The van der Waals surface area contributed by atoms with E-state index >= 15 is 0 Å². The van der Waals surface area contributed by atoms with Crippen LogP contribution in [0.4, 0.5) is 0 Å². The molecule has 0 saturated carbocycles. The van der Waals surface area contributed by atoms with E-state index in [0.29, 0.717) is 0 Å². The van der Waals surface area contributed by atoms with Gasteiger partial charge in [-0.1, -0.05) is 0 Å². The molecule has 0 spiro atoms. The highest BCUT2D eigenvalue weighted by Gasteiger charge is 2.44. The van der Waals surface area contributed by atoms with Crippen LogP contribution in [0, 0.1) is 5.92 Å². The molecule has 1 amide bonds. The summed E-state index contributed by atoms with van der Waals surface area (Å²) in [6, 6.07) is 0. The highest BCUT2D eigenvalue weighted by Crippen LogP contribution is 2.24. The van der Waals surface area contributed by atoms with Crippen LogP contribution in [0.25, 0.3) is 0 Å². The predicted molar refractivity (Wildman–Crippen MR) is 41.3 cm³/mol. The average molecular weight is 191 g/mol. The van der Waals surface area contributed by atoms with E-state index in [9.17, 15) is 9.90 Å². The van der Waals surface area contributed by atoms with Gasteiger partial charge in [-0.05, 0) is 6.92 Å². The third-order valence-corrected chi connectivity index (χ3v) is 2.20. The number of carbonyl (C=O) groups is 1. The average Bonchev–Trinajstić information content (AvgIpc) is 1.99. The normalized spacial score (nSPS) is 46.0. The van der Waals surface area contributed by atoms with Crippen molar-refractivity contribution in [2.45, 2.75) is 31.5 Å². The highest BCUT2D eigenvalue weighted by molar-refractivity contribution is 5.78. The molecule has 1 heterocycles. The fourth-order valence-electron chi connectivity index (χ4n) is 1.44. The molecule has 1 aliphatic rings. The van der Waals surface area contributed by atoms with Crippen LogP contribution in [-0.4, -0.2) is 45.8 Å². The summed E-state index contributed by atoms with van der Waals surface area (Å²) >= 11 is 0. The second-order valence-corrected chi connectivity index (χ2v) is 3.14. The van der Waals surface area contributed by atoms with E-state index in [-0.39, 0.29) is 0 Å². The van der Waals surface area contributed by atoms with Crippen LogP contribution in [0.2, 0.25) is 0 Å². The second-order valence-electron chi connectivity index (χ2n) is 3.14. The molecule has 6 heteroatoms. The quantitative estimate of drug-likeness (QED) is 0.367. The second kappa shape index (κ2) is 3.59. The molecule has 6 nitrogen and oxygen atoms in total. The van der Waals surface area contributed by atoms with Crippen molar-refractivity contribution in [3.05, 3.63) is 0 Å². The summed E-state index contributed by atoms with van der Waals surface area (Å²) < 4.78 is 4.79. The number of ether oxygens (including phenoxy) is 1. The first-order chi connectivity index (χ1) is 5.95. The minimum Gasteiger partial charge on any atom is -0.389 e. The zero-order valence-electron chi connectivity index (χ0n) is 7.12. The molecule has 1 fully saturated rings. The van der Waals surface area contributed by atoms with Gasteiger partial charge in [0.1, 0.15) is 6.10 Å². The molecule has 0 aliphatic carbocycles. The molecular weight excluding hydrogens is 178 g/mol. The Morgan fingerprint density at radius 2 is 1.85 bits per heavy atom. The van der Waals surface area contributed by atoms with Gasteiger partial charge in [-0.2, -0.15) is 0 Å². The van der Waals surface area contributed by atoms with Crippen LogP contribution in [0.5, 0.6) is 0 Å². The maximum absolute atomic E-state index is 10.8. The van der Waals surface area contributed by atoms with Crippen molar-refractivity contribution in [2.24, 2.45) is 11.7 Å². The maximum Gasteiger partial charge on any atom is 0.225 e. The number of carbonyl (C=O) groups excluding carboxylic acids is 1. The lowest BCUT2D eigenvalue weighted by molar-refractivity contribution is -0.260. The molecule has 0 aromatic carbocycles. The molecule has 0 aromatic heterocycles. The summed E-state index contributed by atoms with van der Waals surface area (Å²) in [5.74, 6) is -1.75. The lowest BCUT2D eigenvalue weighted by Gasteiger charge is -2.37. The molecule has 0 aromatic rings. The Hall–Kier alpha value is -0.690. The summed E-state index contributed by atoms with van der Waals surface area (Å²) in [5.41, 5.74) is 4.98. The number of primary amides is 1. The number of nitrogens with two attached hydrogens (primary N) is 1. The number of aliphatic hydroxyl groups excluding tert-OH is 3. The zero-order valence-corrected chi connectivity index (χ0v) is 7.12. The van der Waals surface area contributed by atoms with Crippen molar-refractivity contribution in [3.63, 3.8) is 0 Å². The van der Waals surface area contributed by atoms with E-state index < -0.39 is 36.4 Å². The van der Waals surface area contributed by atoms with Gasteiger partial charge in [-0.25, -0.2) is 0 Å². The molecule has 5 atom stereocenters. The number of hydrogen-bond donors (Lipinski definition) is 4. The van der Waals surface area contributed by atoms with Crippen molar-refractivity contribution in [3.8, 4) is 0 Å². The lowest BCUT2D eigenvalue weighted by Crippen LogP contribution is -2.57. The summed E-state index contributed by atoms with van der Waals surface area (Å²) in [6.45, 7) is 1.49. The van der Waals surface area contributed by atoms with Crippen molar-refractivity contribution in [2.75, 3.05) is 0 Å². The number of rotatable bonds is 1. The van der Waals surface area contributed by atoms with E-state index in [2.05, 4.69) is 0 Å². The molecule has 1 unspecified atom stereocenters. The van der Waals surface area contributed by atoms with Gasteiger partial charge >= 0.3 is 0 Å². The summed E-state index contributed by atoms with van der Waals surface area (Å²) in [6.07, 6.45) is -5.04. The molecule has 0 bridgehead atoms. The van der Waals surface area contributed by atoms with Gasteiger partial charge in [0, 0.05) is 0 Å². The van der Waals surface area contributed by atoms with Crippen LogP contribution in [0.1, 0.15) is 6.92 Å². The van der Waals surface area contributed by atoms with Crippen LogP contribution >= 0.6 is 0 Å². The van der Waals surface area contributed by atoms with Gasteiger partial charge in [0.2, 0.25) is 5.91 Å². The molecule has 76 valence electrons. The Morgan fingerprint density at radius 1 is 1.31 bits per heavy atom. The molecule has 5 N–H and O–H groups in total. The standard InChI is InChI=1S/C7H13NO5/c1-2-3(6(8)11)4(9)5(10)7(12)13-2/h2-5,7,9-10,12H,1H3,(H2,8,11)/t2-,3-,4+,5+,7?/m1/s1. The molecule has 1 saturated heterocycles. The van der Waals surface area contributed by atoms with Crippen molar-refractivity contribution < 1.29 is 24.9 Å². The van der Waals surface area contributed by atoms with Gasteiger partial charge in [0.05, 0.1) is 18.1 Å². The first-order valence-electron chi connectivity index (χ1n) is 3.94. The smallest absolute Gasteiger partial charge is 0.225 e. The lowest BCUT2D eigenvalue weighted by atomic mass is 9.89. The van der Waals surface area contributed by atoms with Gasteiger partial charge in [-0.15, -0.1) is 0 Å². The number of aliphatic hydroxyl groups is 3. The highest BCUT2D eigenvalue weighted by atomic mass is 16.6. The van der Waals surface area contributed by atoms with E-state index in [4.69, 9.17) is 20.7 Å². The fourth-order valence-corrected chi connectivity index (χ4v) is 1.44. The van der Waals surface area contributed by atoms with Gasteiger partial charge < -0.3 is 25.8 Å². The molecular formula is C7H13NO5. The summed E-state index contributed by atoms with van der Waals surface area (Å²) in [5, 5.41) is 27.5. The topological polar surface area (TPSA) is 113 Å². The molecule has 1 aliphatic heterocycles. The Kier molecular flexibility index (Phi) is 2.87. The minimum absolute atomic E-state index is 0.703. The van der Waals surface area contributed by atoms with Gasteiger partial charge in [-0.3, -0.25) is 4.79 Å². The Morgan fingerprint density at radius 3 is 2.31 bits per heavy atom. The fraction of sp³-hybridized carbons (Fsp3) is 0.857. The Labute approximate surface area is 74.9 Å². The third-order valence-electron chi connectivity index (χ3n) is 2.20. The summed E-state index contributed by atoms with van der Waals surface area (Å²) in [7, 11) is 0. The van der Waals surface area contributed by atoms with Crippen LogP contribution < -0.4 is 5.73 Å². The first-order valence-corrected chi connectivity index (χ1v) is 3.94. The summed E-state index contributed by atoms with van der Waals surface area (Å²) in [4.78, 5) is 10.8. The first kappa shape index (κ1) is 10.4. The van der Waals surface area contributed by atoms with Gasteiger partial charge in [0.15, 0.2) is 6.29 Å². The van der Waals surface area contributed by atoms with Crippen LogP contribution in [0.15, 0.2) is 0 Å². The SMILES string of the molecule is C[C@H]1OC(O)[C@@H](O)[C@@H](O)[C@@H]1C(N)=O. The molecule has 1 rings (SSSR count).